The molecule has 0 bridgehead atoms. The van der Waals surface area contributed by atoms with E-state index in [-0.39, 0.29) is 17.1 Å². The van der Waals surface area contributed by atoms with Gasteiger partial charge in [-0.15, -0.1) is 0 Å². The highest BCUT2D eigenvalue weighted by Gasteiger charge is 2.42. The van der Waals surface area contributed by atoms with Crippen molar-refractivity contribution >= 4 is 9.84 Å². The summed E-state index contributed by atoms with van der Waals surface area (Å²) >= 11 is 0. The van der Waals surface area contributed by atoms with E-state index in [1.165, 1.54) is 0 Å². The van der Waals surface area contributed by atoms with Gasteiger partial charge in [-0.05, 0) is 38.0 Å². The average molecular weight is 262 g/mol. The maximum atomic E-state index is 12.5. The van der Waals surface area contributed by atoms with E-state index < -0.39 is 14.6 Å². The fraction of sp³-hybridized carbons (Fsp3) is 1.00. The molecule has 0 aromatic rings. The van der Waals surface area contributed by atoms with Gasteiger partial charge in [-0.2, -0.15) is 0 Å². The SMILES string of the molecule is CC(C)C(C)(C)S(=O)(=O)CC1(C)CCOCC1. The van der Waals surface area contributed by atoms with Crippen LogP contribution in [0.15, 0.2) is 0 Å². The van der Waals surface area contributed by atoms with Crippen molar-refractivity contribution in [2.75, 3.05) is 19.0 Å². The first-order valence-corrected chi connectivity index (χ1v) is 8.06. The number of hydrogen-bond donors (Lipinski definition) is 0. The van der Waals surface area contributed by atoms with Gasteiger partial charge in [-0.25, -0.2) is 8.42 Å². The van der Waals surface area contributed by atoms with Crippen LogP contribution in [0.3, 0.4) is 0 Å². The van der Waals surface area contributed by atoms with Crippen molar-refractivity contribution in [3.8, 4) is 0 Å². The molecule has 1 fully saturated rings. The van der Waals surface area contributed by atoms with Crippen LogP contribution >= 0.6 is 0 Å². The molecule has 0 aromatic heterocycles. The minimum atomic E-state index is -3.07. The molecule has 0 atom stereocenters. The van der Waals surface area contributed by atoms with Crippen molar-refractivity contribution in [2.45, 2.75) is 52.2 Å². The first kappa shape index (κ1) is 15.0. The Morgan fingerprint density at radius 1 is 1.24 bits per heavy atom. The van der Waals surface area contributed by atoms with E-state index in [9.17, 15) is 8.42 Å². The van der Waals surface area contributed by atoms with E-state index in [0.29, 0.717) is 13.2 Å². The van der Waals surface area contributed by atoms with Gasteiger partial charge in [0.2, 0.25) is 0 Å². The summed E-state index contributed by atoms with van der Waals surface area (Å²) in [6.07, 6.45) is 1.70. The smallest absolute Gasteiger partial charge is 0.156 e. The minimum absolute atomic E-state index is 0.108. The van der Waals surface area contributed by atoms with Crippen LogP contribution in [0.5, 0.6) is 0 Å². The zero-order valence-corrected chi connectivity index (χ0v) is 12.6. The molecule has 3 nitrogen and oxygen atoms in total. The molecule has 102 valence electrons. The Labute approximate surface area is 106 Å². The van der Waals surface area contributed by atoms with Gasteiger partial charge < -0.3 is 4.74 Å². The largest absolute Gasteiger partial charge is 0.381 e. The highest BCUT2D eigenvalue weighted by molar-refractivity contribution is 7.92. The molecule has 0 N–H and O–H groups in total. The molecule has 1 saturated heterocycles. The van der Waals surface area contributed by atoms with Crippen LogP contribution in [0, 0.1) is 11.3 Å². The Kier molecular flexibility index (Phi) is 4.30. The quantitative estimate of drug-likeness (QED) is 0.782. The second kappa shape index (κ2) is 4.88. The van der Waals surface area contributed by atoms with Gasteiger partial charge in [0.25, 0.3) is 0 Å². The molecule has 1 heterocycles. The number of sulfone groups is 1. The number of hydrogen-bond acceptors (Lipinski definition) is 3. The molecule has 0 unspecified atom stereocenters. The summed E-state index contributed by atoms with van der Waals surface area (Å²) in [5, 5.41) is 0. The third kappa shape index (κ3) is 3.22. The minimum Gasteiger partial charge on any atom is -0.381 e. The third-order valence-corrected chi connectivity index (χ3v) is 7.58. The first-order valence-electron chi connectivity index (χ1n) is 6.41. The van der Waals surface area contributed by atoms with Crippen LogP contribution in [0.2, 0.25) is 0 Å². The van der Waals surface area contributed by atoms with Gasteiger partial charge in [0.05, 0.1) is 10.5 Å². The lowest BCUT2D eigenvalue weighted by molar-refractivity contribution is 0.0339. The topological polar surface area (TPSA) is 43.4 Å². The van der Waals surface area contributed by atoms with Crippen LogP contribution in [0.1, 0.15) is 47.5 Å². The summed E-state index contributed by atoms with van der Waals surface area (Å²) in [7, 11) is -3.07. The summed E-state index contributed by atoms with van der Waals surface area (Å²) in [5.41, 5.74) is -0.108. The second-order valence-electron chi connectivity index (χ2n) is 6.44. The summed E-state index contributed by atoms with van der Waals surface area (Å²) in [6, 6.07) is 0. The van der Waals surface area contributed by atoms with Crippen molar-refractivity contribution in [1.82, 2.24) is 0 Å². The van der Waals surface area contributed by atoms with E-state index in [1.807, 2.05) is 27.7 Å². The van der Waals surface area contributed by atoms with E-state index in [1.54, 1.807) is 0 Å². The fourth-order valence-corrected chi connectivity index (χ4v) is 4.31. The normalized spacial score (nSPS) is 21.8. The molecule has 1 aliphatic rings. The van der Waals surface area contributed by atoms with Crippen LogP contribution < -0.4 is 0 Å². The molecule has 0 saturated carbocycles. The summed E-state index contributed by atoms with van der Waals surface area (Å²) in [5.74, 6) is 0.421. The van der Waals surface area contributed by atoms with Crippen molar-refractivity contribution in [3.05, 3.63) is 0 Å². The standard InChI is InChI=1S/C13H26O3S/c1-11(2)12(3,4)17(14,15)10-13(5)6-8-16-9-7-13/h11H,6-10H2,1-5H3. The lowest BCUT2D eigenvalue weighted by Gasteiger charge is -2.37. The van der Waals surface area contributed by atoms with Gasteiger partial charge >= 0.3 is 0 Å². The monoisotopic (exact) mass is 262 g/mol. The molecule has 0 amide bonds. The maximum Gasteiger partial charge on any atom is 0.156 e. The zero-order valence-electron chi connectivity index (χ0n) is 11.7. The van der Waals surface area contributed by atoms with Crippen LogP contribution in [0.4, 0.5) is 0 Å². The first-order chi connectivity index (χ1) is 7.61. The van der Waals surface area contributed by atoms with E-state index in [4.69, 9.17) is 4.74 Å². The summed E-state index contributed by atoms with van der Waals surface area (Å²) < 4.78 is 29.7. The molecule has 17 heavy (non-hydrogen) atoms. The number of ether oxygens (including phenoxy) is 1. The third-order valence-electron chi connectivity index (χ3n) is 4.43. The van der Waals surface area contributed by atoms with Gasteiger partial charge in [0, 0.05) is 13.2 Å². The van der Waals surface area contributed by atoms with Crippen molar-refractivity contribution in [1.29, 1.82) is 0 Å². The molecule has 1 aliphatic heterocycles. The predicted molar refractivity (Wildman–Crippen MR) is 70.9 cm³/mol. The van der Waals surface area contributed by atoms with Gasteiger partial charge in [-0.1, -0.05) is 20.8 Å². The van der Waals surface area contributed by atoms with Crippen LogP contribution in [0.25, 0.3) is 0 Å². The maximum absolute atomic E-state index is 12.5. The molecule has 1 rings (SSSR count). The molecule has 0 aromatic carbocycles. The Hall–Kier alpha value is -0.0900. The Balaban J connectivity index is 2.86. The molecule has 4 heteroatoms. The zero-order chi connectivity index (χ0) is 13.3. The predicted octanol–water partition coefficient (Wildman–Crippen LogP) is 2.65. The lowest BCUT2D eigenvalue weighted by Crippen LogP contribution is -2.44. The Morgan fingerprint density at radius 2 is 1.71 bits per heavy atom. The fourth-order valence-electron chi connectivity index (χ4n) is 2.01. The Morgan fingerprint density at radius 3 is 2.12 bits per heavy atom. The van der Waals surface area contributed by atoms with Crippen molar-refractivity contribution < 1.29 is 13.2 Å². The molecular weight excluding hydrogens is 236 g/mol. The van der Waals surface area contributed by atoms with E-state index in [0.717, 1.165) is 12.8 Å². The highest BCUT2D eigenvalue weighted by atomic mass is 32.2. The van der Waals surface area contributed by atoms with E-state index in [2.05, 4.69) is 6.92 Å². The second-order valence-corrected chi connectivity index (χ2v) is 9.01. The van der Waals surface area contributed by atoms with Crippen molar-refractivity contribution in [2.24, 2.45) is 11.3 Å². The molecule has 0 radical (unpaired) electrons. The average Bonchev–Trinajstić information content (AvgIpc) is 2.16. The molecular formula is C13H26O3S. The van der Waals surface area contributed by atoms with E-state index >= 15 is 0 Å². The lowest BCUT2D eigenvalue weighted by atomic mass is 9.85. The summed E-state index contributed by atoms with van der Waals surface area (Å²) in [6.45, 7) is 11.1. The van der Waals surface area contributed by atoms with Crippen LogP contribution in [-0.2, 0) is 14.6 Å². The van der Waals surface area contributed by atoms with Gasteiger partial charge in [0.1, 0.15) is 0 Å². The van der Waals surface area contributed by atoms with Gasteiger partial charge in [-0.3, -0.25) is 0 Å². The van der Waals surface area contributed by atoms with Gasteiger partial charge in [0.15, 0.2) is 9.84 Å². The Bertz CT molecular complexity index is 349. The highest BCUT2D eigenvalue weighted by Crippen LogP contribution is 2.36. The molecule has 0 spiro atoms. The molecule has 0 aliphatic carbocycles. The van der Waals surface area contributed by atoms with Crippen LogP contribution in [-0.4, -0.2) is 32.1 Å². The van der Waals surface area contributed by atoms with Crippen molar-refractivity contribution in [3.63, 3.8) is 0 Å². The number of rotatable bonds is 4. The summed E-state index contributed by atoms with van der Waals surface area (Å²) in [4.78, 5) is 0.